The van der Waals surface area contributed by atoms with Gasteiger partial charge in [-0.15, -0.1) is 0 Å². The van der Waals surface area contributed by atoms with Crippen molar-refractivity contribution < 1.29 is 94.4 Å². The number of aliphatic hydroxyl groups excluding tert-OH is 12. The highest BCUT2D eigenvalue weighted by atomic mass is 16.7. The fourth-order valence-corrected chi connectivity index (χ4v) is 4.77. The topological polar surface area (TPSA) is 307 Å². The largest absolute Gasteiger partial charge is 0.388 e. The molecular weight excluding hydrogens is 568 g/mol. The molecule has 0 spiro atoms. The minimum Gasteiger partial charge on any atom is -0.388 e. The number of aliphatic hydroxyl groups is 12. The van der Waals surface area contributed by atoms with Gasteiger partial charge in [-0.1, -0.05) is 0 Å². The van der Waals surface area contributed by atoms with Crippen LogP contribution in [0, 0.1) is 0 Å². The van der Waals surface area contributed by atoms with Gasteiger partial charge in [-0.25, -0.2) is 0 Å². The SMILES string of the molecule is OC1O[C@H](CO[C@H]2OC[C@@H](O)[C@H](O)[C@H]2O)[C@@H](O[C@@H]2O[C@H](CO[C@@H]3OC[C@@H](O)[C@H](O)[C@H]3O)[C@@H](O)[C@H](O)[C@H]2O)[C@H](O)[C@H]1O. The summed E-state index contributed by atoms with van der Waals surface area (Å²) in [5.41, 5.74) is 0. The quantitative estimate of drug-likeness (QED) is 0.122. The van der Waals surface area contributed by atoms with Crippen LogP contribution < -0.4 is 0 Å². The molecule has 4 aliphatic rings. The Morgan fingerprint density at radius 1 is 0.463 bits per heavy atom. The fraction of sp³-hybridized carbons (Fsp3) is 1.00. The van der Waals surface area contributed by atoms with E-state index in [0.717, 1.165) is 0 Å². The molecule has 0 aliphatic carbocycles. The molecule has 1 unspecified atom stereocenters. The van der Waals surface area contributed by atoms with E-state index in [9.17, 15) is 61.3 Å². The summed E-state index contributed by atoms with van der Waals surface area (Å²) in [7, 11) is 0. The molecule has 0 aromatic rings. The first-order valence-electron chi connectivity index (χ1n) is 12.9. The van der Waals surface area contributed by atoms with Crippen molar-refractivity contribution in [2.45, 2.75) is 111 Å². The third kappa shape index (κ3) is 7.15. The normalized spacial score (nSPS) is 53.3. The molecule has 0 aromatic carbocycles. The third-order valence-corrected chi connectivity index (χ3v) is 7.38. The van der Waals surface area contributed by atoms with E-state index >= 15 is 0 Å². The average Bonchev–Trinajstić information content (AvgIpc) is 2.95. The van der Waals surface area contributed by atoms with Gasteiger partial charge >= 0.3 is 0 Å². The maximum absolute atomic E-state index is 10.6. The summed E-state index contributed by atoms with van der Waals surface area (Å²) in [6, 6.07) is 0. The van der Waals surface area contributed by atoms with Crippen LogP contribution in [0.2, 0.25) is 0 Å². The lowest BCUT2D eigenvalue weighted by molar-refractivity contribution is -0.365. The second-order valence-electron chi connectivity index (χ2n) is 10.3. The van der Waals surface area contributed by atoms with Crippen molar-refractivity contribution in [1.82, 2.24) is 0 Å². The Morgan fingerprint density at radius 3 is 1.49 bits per heavy atom. The molecule has 0 saturated carbocycles. The summed E-state index contributed by atoms with van der Waals surface area (Å²) >= 11 is 0. The van der Waals surface area contributed by atoms with Crippen molar-refractivity contribution in [1.29, 1.82) is 0 Å². The maximum atomic E-state index is 10.6. The molecule has 4 heterocycles. The van der Waals surface area contributed by atoms with Crippen molar-refractivity contribution in [3.8, 4) is 0 Å². The zero-order chi connectivity index (χ0) is 30.2. The Balaban J connectivity index is 1.41. The van der Waals surface area contributed by atoms with Crippen molar-refractivity contribution in [2.24, 2.45) is 0 Å². The van der Waals surface area contributed by atoms with Crippen LogP contribution >= 0.6 is 0 Å². The number of hydrogen-bond donors (Lipinski definition) is 12. The average molecular weight is 607 g/mol. The lowest BCUT2D eigenvalue weighted by atomic mass is 9.97. The summed E-state index contributed by atoms with van der Waals surface area (Å²) in [5, 5.41) is 121. The molecule has 0 radical (unpaired) electrons. The number of rotatable bonds is 8. The molecule has 240 valence electrons. The van der Waals surface area contributed by atoms with Gasteiger partial charge < -0.3 is 94.4 Å². The smallest absolute Gasteiger partial charge is 0.187 e. The van der Waals surface area contributed by atoms with Gasteiger partial charge in [0.2, 0.25) is 0 Å². The lowest BCUT2D eigenvalue weighted by Crippen LogP contribution is -2.65. The number of ether oxygens (including phenoxy) is 7. The Bertz CT molecular complexity index is 824. The molecule has 4 fully saturated rings. The third-order valence-electron chi connectivity index (χ3n) is 7.38. The predicted octanol–water partition coefficient (Wildman–Crippen LogP) is -8.47. The highest BCUT2D eigenvalue weighted by molar-refractivity contribution is 4.94. The molecule has 19 heteroatoms. The molecule has 4 aliphatic heterocycles. The number of hydrogen-bond acceptors (Lipinski definition) is 19. The Kier molecular flexibility index (Phi) is 11.2. The van der Waals surface area contributed by atoms with Crippen LogP contribution in [0.25, 0.3) is 0 Å². The zero-order valence-electron chi connectivity index (χ0n) is 21.4. The fourth-order valence-electron chi connectivity index (χ4n) is 4.77. The predicted molar refractivity (Wildman–Crippen MR) is 122 cm³/mol. The van der Waals surface area contributed by atoms with Gasteiger partial charge in [0.05, 0.1) is 26.4 Å². The zero-order valence-corrected chi connectivity index (χ0v) is 21.4. The molecule has 12 N–H and O–H groups in total. The summed E-state index contributed by atoms with van der Waals surface area (Å²) in [4.78, 5) is 0. The van der Waals surface area contributed by atoms with Crippen molar-refractivity contribution in [3.05, 3.63) is 0 Å². The molecule has 0 amide bonds. The van der Waals surface area contributed by atoms with E-state index in [1.54, 1.807) is 0 Å². The Hall–Kier alpha value is -0.760. The highest BCUT2D eigenvalue weighted by Gasteiger charge is 2.51. The van der Waals surface area contributed by atoms with Crippen molar-refractivity contribution in [2.75, 3.05) is 26.4 Å². The standard InChI is InChI=1S/C22H38O19/c23-5-1-35-20(15(31)9(5)25)37-3-7-11(27)12(28)17(33)22(40-7)41-18-8(39-19(34)14(30)13(18)29)4-38-21-16(32)10(26)6(24)2-36-21/h5-34H,1-4H2/t5-,6-,7-,8-,9+,10+,11-,12+,13-,14-,15-,16-,17-,18-,19?,20+,21-,22+/m1/s1. The van der Waals surface area contributed by atoms with E-state index in [-0.39, 0.29) is 13.2 Å². The first-order chi connectivity index (χ1) is 19.3. The van der Waals surface area contributed by atoms with Crippen LogP contribution in [0.4, 0.5) is 0 Å². The molecular formula is C22H38O19. The van der Waals surface area contributed by atoms with E-state index in [1.165, 1.54) is 0 Å². The van der Waals surface area contributed by atoms with E-state index in [2.05, 4.69) is 0 Å². The molecule has 0 bridgehead atoms. The summed E-state index contributed by atoms with van der Waals surface area (Å²) in [5.74, 6) is 0. The molecule has 0 aromatic heterocycles. The van der Waals surface area contributed by atoms with Crippen LogP contribution in [0.15, 0.2) is 0 Å². The summed E-state index contributed by atoms with van der Waals surface area (Å²) in [6.07, 6.45) is -29.8. The summed E-state index contributed by atoms with van der Waals surface area (Å²) < 4.78 is 37.3. The molecule has 18 atom stereocenters. The second-order valence-corrected chi connectivity index (χ2v) is 10.3. The molecule has 41 heavy (non-hydrogen) atoms. The van der Waals surface area contributed by atoms with Gasteiger partial charge in [0.1, 0.15) is 85.5 Å². The Labute approximate surface area is 232 Å². The van der Waals surface area contributed by atoms with Gasteiger partial charge in [0, 0.05) is 0 Å². The second kappa shape index (κ2) is 13.9. The van der Waals surface area contributed by atoms with Crippen molar-refractivity contribution in [3.63, 3.8) is 0 Å². The van der Waals surface area contributed by atoms with E-state index < -0.39 is 124 Å². The lowest BCUT2D eigenvalue weighted by Gasteiger charge is -2.46. The minimum absolute atomic E-state index is 0.371. The van der Waals surface area contributed by atoms with Crippen LogP contribution in [0.1, 0.15) is 0 Å². The minimum atomic E-state index is -1.93. The summed E-state index contributed by atoms with van der Waals surface area (Å²) in [6.45, 7) is -1.93. The maximum Gasteiger partial charge on any atom is 0.187 e. The highest BCUT2D eigenvalue weighted by Crippen LogP contribution is 2.30. The van der Waals surface area contributed by atoms with Gasteiger partial charge in [0.15, 0.2) is 25.2 Å². The monoisotopic (exact) mass is 606 g/mol. The van der Waals surface area contributed by atoms with Gasteiger partial charge in [-0.3, -0.25) is 0 Å². The molecule has 4 saturated heterocycles. The Morgan fingerprint density at radius 2 is 0.951 bits per heavy atom. The van der Waals surface area contributed by atoms with Crippen LogP contribution in [0.5, 0.6) is 0 Å². The van der Waals surface area contributed by atoms with E-state index in [0.29, 0.717) is 0 Å². The van der Waals surface area contributed by atoms with Crippen LogP contribution in [-0.2, 0) is 33.2 Å². The first-order valence-corrected chi connectivity index (χ1v) is 12.9. The molecule has 19 nitrogen and oxygen atoms in total. The van der Waals surface area contributed by atoms with E-state index in [1.807, 2.05) is 0 Å². The van der Waals surface area contributed by atoms with Crippen LogP contribution in [0.3, 0.4) is 0 Å². The van der Waals surface area contributed by atoms with Gasteiger partial charge in [-0.2, -0.15) is 0 Å². The van der Waals surface area contributed by atoms with Crippen molar-refractivity contribution >= 4 is 0 Å². The van der Waals surface area contributed by atoms with Gasteiger partial charge in [0.25, 0.3) is 0 Å². The van der Waals surface area contributed by atoms with Gasteiger partial charge in [-0.05, 0) is 0 Å². The first kappa shape index (κ1) is 33.1. The van der Waals surface area contributed by atoms with E-state index in [4.69, 9.17) is 33.2 Å². The van der Waals surface area contributed by atoms with Crippen LogP contribution in [-0.4, -0.2) is 198 Å². The molecule has 4 rings (SSSR count).